The van der Waals surface area contributed by atoms with Crippen molar-refractivity contribution in [3.63, 3.8) is 0 Å². The molecule has 0 saturated carbocycles. The molecule has 1 rings (SSSR count). The van der Waals surface area contributed by atoms with Crippen LogP contribution in [0.1, 0.15) is 5.56 Å². The zero-order valence-corrected chi connectivity index (χ0v) is 13.2. The van der Waals surface area contributed by atoms with Crippen molar-refractivity contribution in [3.05, 3.63) is 39.9 Å². The summed E-state index contributed by atoms with van der Waals surface area (Å²) in [6, 6.07) is 3.29. The lowest BCUT2D eigenvalue weighted by Gasteiger charge is -2.20. The van der Waals surface area contributed by atoms with Crippen molar-refractivity contribution >= 4 is 25.4 Å². The third-order valence-electron chi connectivity index (χ3n) is 2.91. The number of sulfone groups is 2. The van der Waals surface area contributed by atoms with E-state index in [1.54, 1.807) is 0 Å². The van der Waals surface area contributed by atoms with Gasteiger partial charge in [-0.1, -0.05) is 18.2 Å². The Balaban J connectivity index is 3.65. The lowest BCUT2D eigenvalue weighted by atomic mass is 10.1. The molecule has 0 atom stereocenters. The van der Waals surface area contributed by atoms with E-state index >= 15 is 0 Å². The maximum absolute atomic E-state index is 12.6. The van der Waals surface area contributed by atoms with Gasteiger partial charge in [-0.25, -0.2) is 16.8 Å². The number of rotatable bonds is 5. The molecule has 0 aliphatic carbocycles. The first-order chi connectivity index (χ1) is 11.0. The van der Waals surface area contributed by atoms with Crippen LogP contribution in [0.4, 0.5) is 32.0 Å². The van der Waals surface area contributed by atoms with Crippen LogP contribution in [0.3, 0.4) is 0 Å². The van der Waals surface area contributed by atoms with Gasteiger partial charge in [-0.05, 0) is 0 Å². The van der Waals surface area contributed by atoms with E-state index in [0.29, 0.717) is 12.1 Å². The number of halogens is 6. The minimum absolute atomic E-state index is 0.656. The second-order valence-electron chi connectivity index (χ2n) is 4.50. The van der Waals surface area contributed by atoms with Gasteiger partial charge in [-0.2, -0.15) is 26.3 Å². The Morgan fingerprint density at radius 3 is 1.68 bits per heavy atom. The Kier molecular flexibility index (Phi) is 5.44. The topological polar surface area (TPSA) is 111 Å². The van der Waals surface area contributed by atoms with E-state index in [2.05, 4.69) is 0 Å². The summed E-state index contributed by atoms with van der Waals surface area (Å²) in [6.07, 6.45) is -1.90. The second-order valence-corrected chi connectivity index (χ2v) is 9.04. The fourth-order valence-electron chi connectivity index (χ4n) is 1.73. The van der Waals surface area contributed by atoms with Crippen molar-refractivity contribution in [2.24, 2.45) is 0 Å². The highest BCUT2D eigenvalue weighted by Crippen LogP contribution is 2.38. The lowest BCUT2D eigenvalue weighted by Crippen LogP contribution is -2.46. The van der Waals surface area contributed by atoms with Gasteiger partial charge in [0.1, 0.15) is 0 Å². The van der Waals surface area contributed by atoms with Crippen molar-refractivity contribution in [1.82, 2.24) is 0 Å². The molecule has 15 heteroatoms. The monoisotopic (exact) mass is 415 g/mol. The van der Waals surface area contributed by atoms with Crippen LogP contribution in [0.2, 0.25) is 0 Å². The molecule has 0 spiro atoms. The Bertz CT molecular complexity index is 830. The van der Waals surface area contributed by atoms with Gasteiger partial charge in [0.15, 0.2) is 4.58 Å². The van der Waals surface area contributed by atoms with Gasteiger partial charge in [0.25, 0.3) is 25.4 Å². The van der Waals surface area contributed by atoms with Crippen molar-refractivity contribution in [1.29, 1.82) is 0 Å². The Labute approximate surface area is 136 Å². The highest BCUT2D eigenvalue weighted by molar-refractivity contribution is 8.09. The van der Waals surface area contributed by atoms with Gasteiger partial charge >= 0.3 is 11.0 Å². The number of para-hydroxylation sites is 1. The third-order valence-corrected chi connectivity index (χ3v) is 7.44. The molecule has 0 aromatic heterocycles. The van der Waals surface area contributed by atoms with Gasteiger partial charge in [-0.15, -0.1) is 0 Å². The smallest absolute Gasteiger partial charge is 0.258 e. The molecule has 7 nitrogen and oxygen atoms in total. The van der Waals surface area contributed by atoms with Crippen molar-refractivity contribution < 1.29 is 48.1 Å². The predicted octanol–water partition coefficient (Wildman–Crippen LogP) is 2.33. The number of nitro groups is 1. The summed E-state index contributed by atoms with van der Waals surface area (Å²) < 4.78 is 117. The second kappa shape index (κ2) is 6.44. The Hall–Kier alpha value is -1.90. The zero-order valence-electron chi connectivity index (χ0n) is 11.6. The predicted molar refractivity (Wildman–Crippen MR) is 70.5 cm³/mol. The quantitative estimate of drug-likeness (QED) is 0.415. The fourth-order valence-corrected chi connectivity index (χ4v) is 5.11. The number of benzene rings is 1. The van der Waals surface area contributed by atoms with Gasteiger partial charge in [-0.3, -0.25) is 10.1 Å². The van der Waals surface area contributed by atoms with E-state index in [1.807, 2.05) is 0 Å². The molecule has 0 N–H and O–H groups in total. The first kappa shape index (κ1) is 21.1. The maximum atomic E-state index is 12.6. The number of nitro benzene ring substituents is 1. The molecule has 0 heterocycles. The Morgan fingerprint density at radius 2 is 1.32 bits per heavy atom. The van der Waals surface area contributed by atoms with E-state index in [1.165, 1.54) is 0 Å². The molecule has 25 heavy (non-hydrogen) atoms. The highest BCUT2D eigenvalue weighted by Gasteiger charge is 2.62. The molecule has 0 aliphatic heterocycles. The molecule has 0 bridgehead atoms. The average molecular weight is 415 g/mol. The van der Waals surface area contributed by atoms with Crippen LogP contribution >= 0.6 is 0 Å². The van der Waals surface area contributed by atoms with Gasteiger partial charge in [0, 0.05) is 18.1 Å². The van der Waals surface area contributed by atoms with Crippen LogP contribution in [0.5, 0.6) is 0 Å². The Morgan fingerprint density at radius 1 is 0.920 bits per heavy atom. The largest absolute Gasteiger partial charge is 0.498 e. The van der Waals surface area contributed by atoms with Crippen molar-refractivity contribution in [3.8, 4) is 0 Å². The van der Waals surface area contributed by atoms with E-state index in [-0.39, 0.29) is 0 Å². The van der Waals surface area contributed by atoms with Crippen LogP contribution in [-0.2, 0) is 26.1 Å². The highest BCUT2D eigenvalue weighted by atomic mass is 32.3. The summed E-state index contributed by atoms with van der Waals surface area (Å²) in [5, 5.41) is 10.8. The molecule has 0 saturated heterocycles. The van der Waals surface area contributed by atoms with E-state index < -0.39 is 57.9 Å². The molecular weight excluding hydrogens is 408 g/mol. The van der Waals surface area contributed by atoms with E-state index in [4.69, 9.17) is 0 Å². The third kappa shape index (κ3) is 4.02. The van der Waals surface area contributed by atoms with Crippen LogP contribution in [0, 0.1) is 10.1 Å². The summed E-state index contributed by atoms with van der Waals surface area (Å²) in [5.41, 5.74) is -14.6. The van der Waals surface area contributed by atoms with E-state index in [9.17, 15) is 53.3 Å². The van der Waals surface area contributed by atoms with Crippen LogP contribution in [-0.4, -0.2) is 37.4 Å². The molecule has 0 radical (unpaired) electrons. The molecule has 1 aromatic carbocycles. The average Bonchev–Trinajstić information content (AvgIpc) is 2.42. The zero-order chi connectivity index (χ0) is 19.8. The SMILES string of the molecule is O=[N+]([O-])c1ccccc1CC(S(=O)(=O)C(F)(F)F)S(=O)(=O)C(F)(F)F. The summed E-state index contributed by atoms with van der Waals surface area (Å²) in [6.45, 7) is 0. The van der Waals surface area contributed by atoms with Crippen LogP contribution in [0.15, 0.2) is 24.3 Å². The molecule has 0 amide bonds. The minimum atomic E-state index is -6.85. The van der Waals surface area contributed by atoms with Gasteiger partial charge in [0.2, 0.25) is 0 Å². The van der Waals surface area contributed by atoms with Crippen LogP contribution in [0.25, 0.3) is 0 Å². The molecule has 1 aromatic rings. The molecule has 0 unspecified atom stereocenters. The lowest BCUT2D eigenvalue weighted by molar-refractivity contribution is -0.385. The minimum Gasteiger partial charge on any atom is -0.258 e. The summed E-state index contributed by atoms with van der Waals surface area (Å²) in [7, 11) is -13.7. The first-order valence-electron chi connectivity index (χ1n) is 5.86. The number of nitrogens with zero attached hydrogens (tertiary/aromatic N) is 1. The van der Waals surface area contributed by atoms with E-state index in [0.717, 1.165) is 12.1 Å². The number of hydrogen-bond donors (Lipinski definition) is 0. The summed E-state index contributed by atoms with van der Waals surface area (Å²) in [4.78, 5) is 9.56. The van der Waals surface area contributed by atoms with Crippen LogP contribution < -0.4 is 0 Å². The molecule has 142 valence electrons. The summed E-state index contributed by atoms with van der Waals surface area (Å²) in [5.74, 6) is 0. The first-order valence-corrected chi connectivity index (χ1v) is 8.95. The summed E-state index contributed by atoms with van der Waals surface area (Å²) >= 11 is 0. The fraction of sp³-hybridized carbons (Fsp3) is 0.400. The number of hydrogen-bond acceptors (Lipinski definition) is 6. The molecule has 0 fully saturated rings. The van der Waals surface area contributed by atoms with Crippen molar-refractivity contribution in [2.45, 2.75) is 22.0 Å². The van der Waals surface area contributed by atoms with Gasteiger partial charge < -0.3 is 0 Å². The normalized spacial score (nSPS) is 13.9. The standard InChI is InChI=1S/C10H7F6NO6S2/c11-9(12,13)24(20,21)8(25(22,23)10(14,15)16)5-6-3-1-2-4-7(6)17(18)19/h1-4,8H,5H2. The van der Waals surface area contributed by atoms with Crippen molar-refractivity contribution in [2.75, 3.05) is 0 Å². The molecular formula is C10H7F6NO6S2. The maximum Gasteiger partial charge on any atom is 0.498 e. The molecule has 0 aliphatic rings. The number of alkyl halides is 6. The van der Waals surface area contributed by atoms with Gasteiger partial charge in [0.05, 0.1) is 4.92 Å².